The monoisotopic (exact) mass is 1160 g/mol. The summed E-state index contributed by atoms with van der Waals surface area (Å²) in [6.45, 7) is 3.76. The summed E-state index contributed by atoms with van der Waals surface area (Å²) in [6, 6.07) is 62.2. The summed E-state index contributed by atoms with van der Waals surface area (Å²) in [7, 11) is -1.65. The van der Waals surface area contributed by atoms with Gasteiger partial charge in [0.05, 0.1) is 19.0 Å². The molecule has 0 fully saturated rings. The molecule has 59 heavy (non-hydrogen) atoms. The Hall–Kier alpha value is -4.78. The van der Waals surface area contributed by atoms with Gasteiger partial charge >= 0.3 is 44.8 Å². The van der Waals surface area contributed by atoms with Crippen molar-refractivity contribution in [2.24, 2.45) is 0 Å². The third kappa shape index (κ3) is 11.7. The van der Waals surface area contributed by atoms with E-state index in [1.165, 1.54) is 66.3 Å². The van der Waals surface area contributed by atoms with Gasteiger partial charge in [-0.1, -0.05) is 140 Å². The van der Waals surface area contributed by atoms with Crippen LogP contribution < -0.4 is 15.9 Å². The molecule has 0 aromatic heterocycles. The quantitative estimate of drug-likeness (QED) is 0.0468. The average molecular weight is 1160 g/mol. The van der Waals surface area contributed by atoms with Gasteiger partial charge in [-0.2, -0.15) is 0 Å². The summed E-state index contributed by atoms with van der Waals surface area (Å²) < 4.78 is 0. The van der Waals surface area contributed by atoms with Crippen molar-refractivity contribution in [1.82, 2.24) is 0 Å². The van der Waals surface area contributed by atoms with Crippen molar-refractivity contribution in [2.45, 2.75) is 12.8 Å². The number of fused-ring (bicyclic) bond motifs is 6. The Morgan fingerprint density at radius 1 is 0.458 bits per heavy atom. The van der Waals surface area contributed by atoms with Gasteiger partial charge in [0.25, 0.3) is 0 Å². The first-order chi connectivity index (χ1) is 28.1. The van der Waals surface area contributed by atoms with Crippen LogP contribution in [0.3, 0.4) is 0 Å². The second-order valence-electron chi connectivity index (χ2n) is 13.9. The number of benzene rings is 7. The molecule has 1 atom stereocenters. The summed E-state index contributed by atoms with van der Waals surface area (Å²) in [6.07, 6.45) is 24.4. The van der Waals surface area contributed by atoms with E-state index in [1.54, 1.807) is 0 Å². The first-order valence-corrected chi connectivity index (χ1v) is 22.8. The second kappa shape index (κ2) is 23.1. The van der Waals surface area contributed by atoms with Crippen LogP contribution in [0.1, 0.15) is 33.4 Å². The SMILES string of the molecule is C=C/C=C\C=C\[PH+](C[PH+](c1ccccc1)c1ccccc1)c1ccccc1.[Au+].[Au+].[C-]#Cc1ccc2c(c1)-c1ccccc1C2.[C-]#Cc1ccc2c(c1)-c1ccccc1C2. The third-order valence-corrected chi connectivity index (χ3v) is 17.0. The van der Waals surface area contributed by atoms with Crippen LogP contribution in [-0.2, 0) is 57.6 Å². The first kappa shape index (κ1) is 45.3. The van der Waals surface area contributed by atoms with Crippen molar-refractivity contribution in [2.75, 3.05) is 5.90 Å². The molecule has 0 spiro atoms. The third-order valence-electron chi connectivity index (χ3n) is 10.3. The van der Waals surface area contributed by atoms with Crippen molar-refractivity contribution in [3.05, 3.63) is 259 Å². The van der Waals surface area contributed by atoms with Crippen molar-refractivity contribution >= 4 is 31.8 Å². The fraction of sp³-hybridized carbons (Fsp3) is 0.0545. The molecular weight excluding hydrogens is 1120 g/mol. The molecule has 0 saturated carbocycles. The number of rotatable bonds is 8. The minimum atomic E-state index is -0.838. The molecular formula is C55H44Au2P2+2. The van der Waals surface area contributed by atoms with Gasteiger partial charge in [-0.3, -0.25) is 11.8 Å². The fourth-order valence-electron chi connectivity index (χ4n) is 7.47. The van der Waals surface area contributed by atoms with E-state index in [4.69, 9.17) is 12.8 Å². The Balaban J connectivity index is 0.000000176. The summed E-state index contributed by atoms with van der Waals surface area (Å²) in [4.78, 5) is 0. The van der Waals surface area contributed by atoms with Crippen LogP contribution >= 0.6 is 15.8 Å². The predicted molar refractivity (Wildman–Crippen MR) is 250 cm³/mol. The molecule has 0 N–H and O–H groups in total. The Labute approximate surface area is 385 Å². The Morgan fingerprint density at radius 2 is 0.864 bits per heavy atom. The maximum Gasteiger partial charge on any atom is 1.00 e. The molecule has 0 bridgehead atoms. The average Bonchev–Trinajstić information content (AvgIpc) is 3.85. The van der Waals surface area contributed by atoms with Gasteiger partial charge in [0.1, 0.15) is 18.5 Å². The van der Waals surface area contributed by atoms with Gasteiger partial charge in [-0.25, -0.2) is 0 Å². The largest absolute Gasteiger partial charge is 1.00 e. The van der Waals surface area contributed by atoms with Gasteiger partial charge in [0.15, 0.2) is 5.90 Å². The van der Waals surface area contributed by atoms with E-state index in [2.05, 4.69) is 188 Å². The zero-order valence-electron chi connectivity index (χ0n) is 32.6. The van der Waals surface area contributed by atoms with Crippen molar-refractivity contribution in [1.29, 1.82) is 0 Å². The molecule has 0 aliphatic heterocycles. The van der Waals surface area contributed by atoms with Crippen LogP contribution in [0.2, 0.25) is 0 Å². The van der Waals surface area contributed by atoms with E-state index in [-0.39, 0.29) is 44.8 Å². The zero-order chi connectivity index (χ0) is 39.2. The molecule has 0 amide bonds. The van der Waals surface area contributed by atoms with E-state index < -0.39 is 15.8 Å². The molecule has 0 saturated heterocycles. The first-order valence-electron chi connectivity index (χ1n) is 19.3. The molecule has 4 heteroatoms. The standard InChI is InChI=1S/C25H24P2.2C15H9.2Au/c1-2-3-4-14-21-26(23-15-8-5-9-16-23)22-27(24-17-10-6-11-18-24)25-19-12-7-13-20-25;2*1-2-11-7-8-13-10-12-5-3-4-6-14(12)15(13)9-11;;/h2-21H,1,22H2;2*3-9H,10H2;;/q;2*-1;2*+1/p+2/b4-3-,21-14+;;;;. The summed E-state index contributed by atoms with van der Waals surface area (Å²) in [5, 5.41) is 4.45. The summed E-state index contributed by atoms with van der Waals surface area (Å²) >= 11 is 0. The normalized spacial score (nSPS) is 11.7. The molecule has 1 unspecified atom stereocenters. The smallest absolute Gasteiger partial charge is 0.366 e. The topological polar surface area (TPSA) is 0 Å². The molecule has 294 valence electrons. The summed E-state index contributed by atoms with van der Waals surface area (Å²) in [5.74, 6) is 8.53. The van der Waals surface area contributed by atoms with Crippen LogP contribution in [0, 0.1) is 24.7 Å². The zero-order valence-corrected chi connectivity index (χ0v) is 38.9. The van der Waals surface area contributed by atoms with Crippen LogP contribution in [-0.4, -0.2) is 5.90 Å². The minimum absolute atomic E-state index is 0. The van der Waals surface area contributed by atoms with Crippen LogP contribution in [0.25, 0.3) is 22.3 Å². The van der Waals surface area contributed by atoms with Crippen LogP contribution in [0.4, 0.5) is 0 Å². The van der Waals surface area contributed by atoms with E-state index in [0.717, 1.165) is 24.0 Å². The van der Waals surface area contributed by atoms with E-state index in [1.807, 2.05) is 36.4 Å². The predicted octanol–water partition coefficient (Wildman–Crippen LogP) is 12.0. The Bertz CT molecular complexity index is 2450. The van der Waals surface area contributed by atoms with Gasteiger partial charge in [-0.15, -0.1) is 35.4 Å². The Morgan fingerprint density at radius 3 is 1.31 bits per heavy atom. The van der Waals surface area contributed by atoms with Gasteiger partial charge < -0.3 is 12.8 Å². The maximum atomic E-state index is 7.14. The molecule has 7 aromatic carbocycles. The number of allylic oxidation sites excluding steroid dienone is 4. The molecule has 0 heterocycles. The number of hydrogen-bond acceptors (Lipinski definition) is 0. The van der Waals surface area contributed by atoms with E-state index in [0.29, 0.717) is 0 Å². The van der Waals surface area contributed by atoms with Gasteiger partial charge in [0.2, 0.25) is 0 Å². The molecule has 7 aromatic rings. The number of hydrogen-bond donors (Lipinski definition) is 0. The van der Waals surface area contributed by atoms with Crippen molar-refractivity contribution in [3.8, 4) is 34.1 Å². The van der Waals surface area contributed by atoms with Crippen molar-refractivity contribution < 1.29 is 44.8 Å². The maximum absolute atomic E-state index is 7.14. The van der Waals surface area contributed by atoms with Crippen LogP contribution in [0.5, 0.6) is 0 Å². The van der Waals surface area contributed by atoms with E-state index >= 15 is 0 Å². The van der Waals surface area contributed by atoms with Gasteiger partial charge in [0, 0.05) is 0 Å². The van der Waals surface area contributed by atoms with Crippen LogP contribution in [0.15, 0.2) is 213 Å². The van der Waals surface area contributed by atoms with E-state index in [9.17, 15) is 0 Å². The minimum Gasteiger partial charge on any atom is -0.366 e. The second-order valence-corrected chi connectivity index (χ2v) is 19.4. The van der Waals surface area contributed by atoms with Crippen molar-refractivity contribution in [3.63, 3.8) is 0 Å². The fourth-order valence-corrected chi connectivity index (χ4v) is 14.6. The molecule has 0 nitrogen and oxygen atoms in total. The summed E-state index contributed by atoms with van der Waals surface area (Å²) in [5.41, 5.74) is 12.3. The molecule has 9 rings (SSSR count). The molecule has 2 aliphatic carbocycles. The van der Waals surface area contributed by atoms with Gasteiger partial charge in [-0.05, 0) is 99.8 Å². The Kier molecular flexibility index (Phi) is 17.8. The molecule has 0 radical (unpaired) electrons. The molecule has 2 aliphatic rings.